The SMILES string of the molecule is O=C(c1cnn(-c2ccc(Cl)cc2Cl)c1C1CC1)N1CCC(C2OCCO2)CC1. The van der Waals surface area contributed by atoms with Crippen molar-refractivity contribution in [1.29, 1.82) is 0 Å². The zero-order valence-corrected chi connectivity index (χ0v) is 17.5. The number of hydrogen-bond acceptors (Lipinski definition) is 4. The first-order valence-corrected chi connectivity index (χ1v) is 10.9. The first-order chi connectivity index (χ1) is 14.1. The minimum atomic E-state index is -0.107. The molecule has 154 valence electrons. The molecule has 0 atom stereocenters. The second-order valence-corrected chi connectivity index (χ2v) is 8.81. The number of amides is 1. The van der Waals surface area contributed by atoms with Crippen molar-refractivity contribution in [2.24, 2.45) is 5.92 Å². The summed E-state index contributed by atoms with van der Waals surface area (Å²) in [4.78, 5) is 15.3. The van der Waals surface area contributed by atoms with Gasteiger partial charge in [0.15, 0.2) is 6.29 Å². The molecule has 0 N–H and O–H groups in total. The van der Waals surface area contributed by atoms with Crippen molar-refractivity contribution < 1.29 is 14.3 Å². The highest BCUT2D eigenvalue weighted by atomic mass is 35.5. The van der Waals surface area contributed by atoms with Gasteiger partial charge in [-0.1, -0.05) is 23.2 Å². The van der Waals surface area contributed by atoms with Crippen LogP contribution in [0.3, 0.4) is 0 Å². The number of piperidine rings is 1. The second-order valence-electron chi connectivity index (χ2n) is 7.96. The molecule has 1 aromatic heterocycles. The van der Waals surface area contributed by atoms with Crippen LogP contribution in [-0.2, 0) is 9.47 Å². The molecule has 8 heteroatoms. The van der Waals surface area contributed by atoms with Gasteiger partial charge in [-0.3, -0.25) is 4.79 Å². The van der Waals surface area contributed by atoms with Crippen LogP contribution in [0.1, 0.15) is 47.7 Å². The van der Waals surface area contributed by atoms with Crippen LogP contribution < -0.4 is 0 Å². The maximum Gasteiger partial charge on any atom is 0.257 e. The number of nitrogens with zero attached hydrogens (tertiary/aromatic N) is 3. The molecule has 2 aromatic rings. The number of aromatic nitrogens is 2. The van der Waals surface area contributed by atoms with Gasteiger partial charge < -0.3 is 14.4 Å². The van der Waals surface area contributed by atoms with Crippen molar-refractivity contribution in [3.8, 4) is 5.69 Å². The van der Waals surface area contributed by atoms with Gasteiger partial charge >= 0.3 is 0 Å². The third-order valence-electron chi connectivity index (χ3n) is 6.00. The lowest BCUT2D eigenvalue weighted by Crippen LogP contribution is -2.41. The van der Waals surface area contributed by atoms with Crippen LogP contribution in [0.2, 0.25) is 10.0 Å². The smallest absolute Gasteiger partial charge is 0.257 e. The Balaban J connectivity index is 1.37. The van der Waals surface area contributed by atoms with Crippen molar-refractivity contribution in [3.63, 3.8) is 0 Å². The Hall–Kier alpha value is -1.60. The topological polar surface area (TPSA) is 56.6 Å². The Bertz CT molecular complexity index is 914. The summed E-state index contributed by atoms with van der Waals surface area (Å²) in [7, 11) is 0. The summed E-state index contributed by atoms with van der Waals surface area (Å²) in [5.74, 6) is 0.760. The zero-order chi connectivity index (χ0) is 20.0. The molecular weight excluding hydrogens is 413 g/mol. The van der Waals surface area contributed by atoms with Crippen molar-refractivity contribution >= 4 is 29.1 Å². The largest absolute Gasteiger partial charge is 0.350 e. The van der Waals surface area contributed by atoms with Crippen LogP contribution in [0.25, 0.3) is 5.69 Å². The van der Waals surface area contributed by atoms with Crippen molar-refractivity contribution in [2.75, 3.05) is 26.3 Å². The van der Waals surface area contributed by atoms with Gasteiger partial charge in [0.05, 0.1) is 41.4 Å². The van der Waals surface area contributed by atoms with E-state index in [1.807, 2.05) is 15.6 Å². The molecule has 1 aromatic carbocycles. The molecule has 2 aliphatic heterocycles. The summed E-state index contributed by atoms with van der Waals surface area (Å²) in [6.45, 7) is 2.76. The highest BCUT2D eigenvalue weighted by Gasteiger charge is 2.37. The molecule has 2 saturated heterocycles. The Morgan fingerprint density at radius 1 is 1.07 bits per heavy atom. The van der Waals surface area contributed by atoms with Gasteiger partial charge in [0.2, 0.25) is 0 Å². The molecule has 1 saturated carbocycles. The van der Waals surface area contributed by atoms with Gasteiger partial charge in [-0.25, -0.2) is 4.68 Å². The normalized spacial score (nSPS) is 21.1. The molecule has 3 fully saturated rings. The van der Waals surface area contributed by atoms with E-state index in [9.17, 15) is 4.79 Å². The number of benzene rings is 1. The minimum Gasteiger partial charge on any atom is -0.350 e. The molecule has 0 bridgehead atoms. The minimum absolute atomic E-state index is 0.0509. The highest BCUT2D eigenvalue weighted by molar-refractivity contribution is 6.35. The predicted molar refractivity (Wildman–Crippen MR) is 110 cm³/mol. The number of ether oxygens (including phenoxy) is 2. The van der Waals surface area contributed by atoms with E-state index in [1.54, 1.807) is 18.3 Å². The van der Waals surface area contributed by atoms with Crippen LogP contribution >= 0.6 is 23.2 Å². The standard InChI is InChI=1S/C21H23Cl2N3O3/c22-15-3-4-18(17(23)11-15)26-19(13-1-2-13)16(12-24-26)20(27)25-7-5-14(6-8-25)21-28-9-10-29-21/h3-4,11-14,21H,1-2,5-10H2. The average Bonchev–Trinajstić information content (AvgIpc) is 3.24. The van der Waals surface area contributed by atoms with Crippen molar-refractivity contribution in [3.05, 3.63) is 45.7 Å². The highest BCUT2D eigenvalue weighted by Crippen LogP contribution is 2.43. The molecule has 1 aliphatic carbocycles. The number of halogens is 2. The van der Waals surface area contributed by atoms with Crippen LogP contribution in [0, 0.1) is 5.92 Å². The molecule has 0 unspecified atom stereocenters. The maximum atomic E-state index is 13.3. The summed E-state index contributed by atoms with van der Waals surface area (Å²) in [5, 5.41) is 5.64. The number of rotatable bonds is 4. The van der Waals surface area contributed by atoms with Crippen molar-refractivity contribution in [1.82, 2.24) is 14.7 Å². The molecule has 5 rings (SSSR count). The average molecular weight is 436 g/mol. The van der Waals surface area contributed by atoms with Gasteiger partial charge in [-0.05, 0) is 43.9 Å². The fourth-order valence-corrected chi connectivity index (χ4v) is 4.80. The van der Waals surface area contributed by atoms with E-state index in [0.29, 0.717) is 53.7 Å². The third kappa shape index (κ3) is 3.79. The second kappa shape index (κ2) is 7.91. The lowest BCUT2D eigenvalue weighted by Gasteiger charge is -2.33. The molecule has 0 spiro atoms. The first-order valence-electron chi connectivity index (χ1n) is 10.2. The molecule has 3 heterocycles. The van der Waals surface area contributed by atoms with E-state index in [-0.39, 0.29) is 12.2 Å². The fraction of sp³-hybridized carbons (Fsp3) is 0.524. The van der Waals surface area contributed by atoms with E-state index in [4.69, 9.17) is 32.7 Å². The monoisotopic (exact) mass is 435 g/mol. The summed E-state index contributed by atoms with van der Waals surface area (Å²) in [5.41, 5.74) is 2.40. The quantitative estimate of drug-likeness (QED) is 0.718. The maximum absolute atomic E-state index is 13.3. The van der Waals surface area contributed by atoms with Gasteiger partial charge in [-0.2, -0.15) is 5.10 Å². The molecular formula is C21H23Cl2N3O3. The summed E-state index contributed by atoms with van der Waals surface area (Å²) < 4.78 is 13.1. The Morgan fingerprint density at radius 3 is 2.45 bits per heavy atom. The Kier molecular flexibility index (Phi) is 5.28. The number of carbonyl (C=O) groups is 1. The van der Waals surface area contributed by atoms with Crippen LogP contribution in [0.4, 0.5) is 0 Å². The van der Waals surface area contributed by atoms with E-state index >= 15 is 0 Å². The summed E-state index contributed by atoms with van der Waals surface area (Å²) >= 11 is 12.5. The summed E-state index contributed by atoms with van der Waals surface area (Å²) in [6.07, 6.45) is 5.50. The number of hydrogen-bond donors (Lipinski definition) is 0. The third-order valence-corrected chi connectivity index (χ3v) is 6.54. The lowest BCUT2D eigenvalue weighted by molar-refractivity contribution is -0.0956. The van der Waals surface area contributed by atoms with E-state index < -0.39 is 0 Å². The number of carbonyl (C=O) groups excluding carboxylic acids is 1. The Labute approximate surface area is 179 Å². The van der Waals surface area contributed by atoms with E-state index in [1.165, 1.54) is 0 Å². The molecule has 3 aliphatic rings. The van der Waals surface area contributed by atoms with Crippen LogP contribution in [-0.4, -0.2) is 53.2 Å². The van der Waals surface area contributed by atoms with Gasteiger partial charge in [0.1, 0.15) is 0 Å². The molecule has 6 nitrogen and oxygen atoms in total. The molecule has 1 amide bonds. The fourth-order valence-electron chi connectivity index (χ4n) is 4.31. The Morgan fingerprint density at radius 2 is 1.79 bits per heavy atom. The molecule has 0 radical (unpaired) electrons. The van der Waals surface area contributed by atoms with Crippen LogP contribution in [0.5, 0.6) is 0 Å². The number of likely N-dealkylation sites (tertiary alicyclic amines) is 1. The predicted octanol–water partition coefficient (Wildman–Crippen LogP) is 4.28. The summed E-state index contributed by atoms with van der Waals surface area (Å²) in [6, 6.07) is 5.35. The van der Waals surface area contributed by atoms with E-state index in [0.717, 1.165) is 37.1 Å². The first kappa shape index (κ1) is 19.4. The zero-order valence-electron chi connectivity index (χ0n) is 16.0. The van der Waals surface area contributed by atoms with Crippen molar-refractivity contribution in [2.45, 2.75) is 37.9 Å². The van der Waals surface area contributed by atoms with Gasteiger partial charge in [0, 0.05) is 29.9 Å². The lowest BCUT2D eigenvalue weighted by atomic mass is 9.95. The van der Waals surface area contributed by atoms with Crippen LogP contribution in [0.15, 0.2) is 24.4 Å². The molecule has 29 heavy (non-hydrogen) atoms. The van der Waals surface area contributed by atoms with E-state index in [2.05, 4.69) is 5.10 Å². The van der Waals surface area contributed by atoms with Gasteiger partial charge in [-0.15, -0.1) is 0 Å². The van der Waals surface area contributed by atoms with Gasteiger partial charge in [0.25, 0.3) is 5.91 Å².